The molecule has 100 valence electrons. The van der Waals surface area contributed by atoms with Gasteiger partial charge in [-0.3, -0.25) is 4.79 Å². The zero-order valence-electron chi connectivity index (χ0n) is 11.4. The first kappa shape index (κ1) is 13.3. The van der Waals surface area contributed by atoms with E-state index in [1.807, 2.05) is 10.6 Å². The van der Waals surface area contributed by atoms with E-state index in [1.54, 1.807) is 6.07 Å². The molecule has 0 unspecified atom stereocenters. The molecule has 4 heteroatoms. The quantitative estimate of drug-likeness (QED) is 0.746. The van der Waals surface area contributed by atoms with E-state index in [1.165, 1.54) is 17.7 Å². The molecule has 0 aromatic carbocycles. The van der Waals surface area contributed by atoms with Crippen LogP contribution in [0.2, 0.25) is 0 Å². The lowest BCUT2D eigenvalue weighted by atomic mass is 10.2. The third-order valence-electron chi connectivity index (χ3n) is 3.50. The van der Waals surface area contributed by atoms with Crippen molar-refractivity contribution in [2.75, 3.05) is 33.7 Å². The van der Waals surface area contributed by atoms with Gasteiger partial charge in [-0.2, -0.15) is 0 Å². The second-order valence-electron chi connectivity index (χ2n) is 5.20. The van der Waals surface area contributed by atoms with Crippen molar-refractivity contribution in [2.45, 2.75) is 25.8 Å². The van der Waals surface area contributed by atoms with Gasteiger partial charge in [0.15, 0.2) is 0 Å². The number of hydrogen-bond acceptors (Lipinski definition) is 3. The summed E-state index contributed by atoms with van der Waals surface area (Å²) in [6, 6.07) is 3.71. The normalized spacial score (nSPS) is 14.2. The maximum Gasteiger partial charge on any atom is 0.250 e. The Kier molecular flexibility index (Phi) is 4.55. The molecule has 0 aliphatic heterocycles. The Morgan fingerprint density at radius 1 is 1.28 bits per heavy atom. The molecule has 1 aromatic heterocycles. The first-order valence-corrected chi connectivity index (χ1v) is 6.75. The van der Waals surface area contributed by atoms with E-state index in [2.05, 4.69) is 24.3 Å². The summed E-state index contributed by atoms with van der Waals surface area (Å²) in [6.45, 7) is 3.65. The molecule has 0 amide bonds. The molecule has 0 radical (unpaired) electrons. The molecule has 0 atom stereocenters. The summed E-state index contributed by atoms with van der Waals surface area (Å²) in [7, 11) is 4.13. The van der Waals surface area contributed by atoms with Crippen molar-refractivity contribution in [1.29, 1.82) is 0 Å². The maximum atomic E-state index is 11.9. The lowest BCUT2D eigenvalue weighted by Crippen LogP contribution is -2.32. The smallest absolute Gasteiger partial charge is 0.250 e. The standard InChI is InChI=1S/C14H23N3O/c1-16(2)10-8-15-9-11-17-13-5-3-4-12(13)6-7-14(17)18/h6-7,15H,3-5,8-11H2,1-2H3. The van der Waals surface area contributed by atoms with Crippen LogP contribution in [0.5, 0.6) is 0 Å². The van der Waals surface area contributed by atoms with Crippen LogP contribution < -0.4 is 10.9 Å². The van der Waals surface area contributed by atoms with Crippen LogP contribution in [0.1, 0.15) is 17.7 Å². The van der Waals surface area contributed by atoms with Crippen LogP contribution in [-0.4, -0.2) is 43.2 Å². The first-order chi connectivity index (χ1) is 8.68. The van der Waals surface area contributed by atoms with Gasteiger partial charge in [0.25, 0.3) is 5.56 Å². The number of nitrogens with zero attached hydrogens (tertiary/aromatic N) is 2. The number of aryl methyl sites for hydroxylation is 1. The second kappa shape index (κ2) is 6.16. The molecule has 2 rings (SSSR count). The van der Waals surface area contributed by atoms with Crippen LogP contribution in [0.3, 0.4) is 0 Å². The number of aromatic nitrogens is 1. The van der Waals surface area contributed by atoms with Crippen LogP contribution in [0.15, 0.2) is 16.9 Å². The molecule has 4 nitrogen and oxygen atoms in total. The molecule has 0 fully saturated rings. The fourth-order valence-corrected chi connectivity index (χ4v) is 2.50. The third kappa shape index (κ3) is 3.21. The molecule has 0 saturated heterocycles. The van der Waals surface area contributed by atoms with Gasteiger partial charge in [0.2, 0.25) is 0 Å². The van der Waals surface area contributed by atoms with Crippen molar-refractivity contribution in [3.63, 3.8) is 0 Å². The lowest BCUT2D eigenvalue weighted by Gasteiger charge is -2.13. The number of rotatable bonds is 6. The highest BCUT2D eigenvalue weighted by molar-refractivity contribution is 5.25. The van der Waals surface area contributed by atoms with E-state index in [0.717, 1.165) is 39.0 Å². The maximum absolute atomic E-state index is 11.9. The molecular formula is C14H23N3O. The molecule has 0 saturated carbocycles. The van der Waals surface area contributed by atoms with E-state index in [-0.39, 0.29) is 5.56 Å². The summed E-state index contributed by atoms with van der Waals surface area (Å²) in [4.78, 5) is 14.0. The zero-order valence-corrected chi connectivity index (χ0v) is 11.4. The fourth-order valence-electron chi connectivity index (χ4n) is 2.50. The van der Waals surface area contributed by atoms with Gasteiger partial charge < -0.3 is 14.8 Å². The Balaban J connectivity index is 1.90. The molecule has 1 aliphatic carbocycles. The highest BCUT2D eigenvalue weighted by atomic mass is 16.1. The Bertz CT molecular complexity index is 451. The van der Waals surface area contributed by atoms with Gasteiger partial charge in [0.05, 0.1) is 0 Å². The van der Waals surface area contributed by atoms with Crippen LogP contribution in [0, 0.1) is 0 Å². The predicted molar refractivity (Wildman–Crippen MR) is 74.2 cm³/mol. The number of pyridine rings is 1. The van der Waals surface area contributed by atoms with Crippen molar-refractivity contribution in [3.8, 4) is 0 Å². The number of nitrogens with one attached hydrogen (secondary N) is 1. The molecule has 0 spiro atoms. The van der Waals surface area contributed by atoms with Gasteiger partial charge >= 0.3 is 0 Å². The average Bonchev–Trinajstić information content (AvgIpc) is 2.79. The Labute approximate surface area is 109 Å². The van der Waals surface area contributed by atoms with E-state index >= 15 is 0 Å². The summed E-state index contributed by atoms with van der Waals surface area (Å²) in [5.41, 5.74) is 2.77. The van der Waals surface area contributed by atoms with Gasteiger partial charge in [-0.25, -0.2) is 0 Å². The highest BCUT2D eigenvalue weighted by Gasteiger charge is 2.15. The van der Waals surface area contributed by atoms with Crippen LogP contribution in [0.4, 0.5) is 0 Å². The first-order valence-electron chi connectivity index (χ1n) is 6.75. The minimum atomic E-state index is 0.144. The number of fused-ring (bicyclic) bond motifs is 1. The van der Waals surface area contributed by atoms with E-state index in [9.17, 15) is 4.79 Å². The van der Waals surface area contributed by atoms with E-state index < -0.39 is 0 Å². The molecule has 1 heterocycles. The van der Waals surface area contributed by atoms with Gasteiger partial charge in [-0.1, -0.05) is 6.07 Å². The predicted octanol–water partition coefficient (Wildman–Crippen LogP) is 0.488. The van der Waals surface area contributed by atoms with Crippen LogP contribution in [-0.2, 0) is 19.4 Å². The molecule has 18 heavy (non-hydrogen) atoms. The highest BCUT2D eigenvalue weighted by Crippen LogP contribution is 2.19. The van der Waals surface area contributed by atoms with Gasteiger partial charge in [0.1, 0.15) is 0 Å². The summed E-state index contributed by atoms with van der Waals surface area (Å²) in [6.07, 6.45) is 3.37. The van der Waals surface area contributed by atoms with Gasteiger partial charge in [0, 0.05) is 37.9 Å². The van der Waals surface area contributed by atoms with Crippen molar-refractivity contribution in [1.82, 2.24) is 14.8 Å². The largest absolute Gasteiger partial charge is 0.314 e. The zero-order chi connectivity index (χ0) is 13.0. The SMILES string of the molecule is CN(C)CCNCCn1c2c(ccc1=O)CCC2. The van der Waals surface area contributed by atoms with Gasteiger partial charge in [-0.15, -0.1) is 0 Å². The second-order valence-corrected chi connectivity index (χ2v) is 5.20. The molecule has 1 N–H and O–H groups in total. The van der Waals surface area contributed by atoms with Crippen LogP contribution in [0.25, 0.3) is 0 Å². The fraction of sp³-hybridized carbons (Fsp3) is 0.643. The molecule has 0 bridgehead atoms. The number of hydrogen-bond donors (Lipinski definition) is 1. The third-order valence-corrected chi connectivity index (χ3v) is 3.50. The summed E-state index contributed by atoms with van der Waals surface area (Å²) in [5.74, 6) is 0. The average molecular weight is 249 g/mol. The molecular weight excluding hydrogens is 226 g/mol. The summed E-state index contributed by atoms with van der Waals surface area (Å²) in [5, 5.41) is 3.38. The molecule has 1 aromatic rings. The van der Waals surface area contributed by atoms with Gasteiger partial charge in [-0.05, 0) is 38.9 Å². The van der Waals surface area contributed by atoms with Crippen molar-refractivity contribution >= 4 is 0 Å². The minimum Gasteiger partial charge on any atom is -0.314 e. The van der Waals surface area contributed by atoms with E-state index in [0.29, 0.717) is 0 Å². The Morgan fingerprint density at radius 3 is 2.89 bits per heavy atom. The van der Waals surface area contributed by atoms with Crippen LogP contribution >= 0.6 is 0 Å². The summed E-state index contributed by atoms with van der Waals surface area (Å²) >= 11 is 0. The Hall–Kier alpha value is -1.13. The van der Waals surface area contributed by atoms with Crippen molar-refractivity contribution in [3.05, 3.63) is 33.7 Å². The van der Waals surface area contributed by atoms with Crippen molar-refractivity contribution in [2.24, 2.45) is 0 Å². The topological polar surface area (TPSA) is 37.3 Å². The lowest BCUT2D eigenvalue weighted by molar-refractivity contribution is 0.397. The summed E-state index contributed by atoms with van der Waals surface area (Å²) < 4.78 is 1.95. The monoisotopic (exact) mass is 249 g/mol. The number of likely N-dealkylation sites (N-methyl/N-ethyl adjacent to an activating group) is 1. The Morgan fingerprint density at radius 2 is 2.11 bits per heavy atom. The van der Waals surface area contributed by atoms with E-state index in [4.69, 9.17) is 0 Å². The van der Waals surface area contributed by atoms with Crippen molar-refractivity contribution < 1.29 is 0 Å². The molecule has 1 aliphatic rings. The minimum absolute atomic E-state index is 0.144.